The van der Waals surface area contributed by atoms with Gasteiger partial charge < -0.3 is 15.4 Å². The van der Waals surface area contributed by atoms with E-state index in [1.165, 1.54) is 16.0 Å². The highest BCUT2D eigenvalue weighted by Gasteiger charge is 2.61. The average Bonchev–Trinajstić information content (AvgIpc) is 3.43. The first-order valence-corrected chi connectivity index (χ1v) is 20.3. The van der Waals surface area contributed by atoms with Crippen LogP contribution in [0.5, 0.6) is 5.75 Å². The molecule has 0 radical (unpaired) electrons. The van der Waals surface area contributed by atoms with Gasteiger partial charge >= 0.3 is 6.03 Å². The number of hydrogen-bond donors (Lipinski definition) is 2. The number of carbonyl (C=O) groups excluding carboxylic acids is 4. The van der Waals surface area contributed by atoms with Crippen LogP contribution in [0.1, 0.15) is 109 Å². The molecule has 1 aliphatic heterocycles. The molecule has 3 aromatic carbocycles. The van der Waals surface area contributed by atoms with Crippen LogP contribution in [0.25, 0.3) is 0 Å². The summed E-state index contributed by atoms with van der Waals surface area (Å²) in [5.74, 6) is -1.61. The van der Waals surface area contributed by atoms with Crippen molar-refractivity contribution in [3.8, 4) is 5.75 Å². The van der Waals surface area contributed by atoms with Crippen LogP contribution in [-0.2, 0) is 25.2 Å². The van der Waals surface area contributed by atoms with Crippen LogP contribution >= 0.6 is 34.2 Å². The van der Waals surface area contributed by atoms with Crippen molar-refractivity contribution >= 4 is 69.2 Å². The highest BCUT2D eigenvalue weighted by atomic mass is 127. The lowest BCUT2D eigenvalue weighted by molar-refractivity contribution is -0.145. The molecule has 1 fully saturated rings. The Kier molecular flexibility index (Phi) is 13.6. The normalized spacial score (nSPS) is 16.1. The summed E-state index contributed by atoms with van der Waals surface area (Å²) in [6.07, 6.45) is 2.63. The topological polar surface area (TPSA) is 108 Å². The van der Waals surface area contributed by atoms with Crippen molar-refractivity contribution in [3.05, 3.63) is 89.5 Å². The van der Waals surface area contributed by atoms with Crippen molar-refractivity contribution in [2.24, 2.45) is 5.41 Å². The monoisotopic (exact) mass is 870 g/mol. The fourth-order valence-electron chi connectivity index (χ4n) is 6.19. The molecule has 0 aliphatic carbocycles. The van der Waals surface area contributed by atoms with Gasteiger partial charge in [0.25, 0.3) is 16.8 Å². The Bertz CT molecular complexity index is 1840. The average molecular weight is 871 g/mol. The number of halogens is 2. The molecule has 11 heteroatoms. The Morgan fingerprint density at radius 2 is 1.50 bits per heavy atom. The molecule has 1 aliphatic rings. The maximum absolute atomic E-state index is 14.1. The molecule has 292 valence electrons. The minimum Gasteiger partial charge on any atom is -0.490 e. The largest absolute Gasteiger partial charge is 0.490 e. The summed E-state index contributed by atoms with van der Waals surface area (Å²) in [4.78, 5) is 54.6. The summed E-state index contributed by atoms with van der Waals surface area (Å²) in [6, 6.07) is 22.0. The third-order valence-corrected chi connectivity index (χ3v) is 12.4. The van der Waals surface area contributed by atoms with Crippen LogP contribution in [0.3, 0.4) is 0 Å². The number of nitrogens with zero attached hydrogens (tertiary/aromatic N) is 2. The molecule has 4 rings (SSSR count). The van der Waals surface area contributed by atoms with E-state index in [4.69, 9.17) is 16.3 Å². The molecule has 0 spiro atoms. The van der Waals surface area contributed by atoms with Crippen LogP contribution in [0.15, 0.2) is 72.8 Å². The van der Waals surface area contributed by atoms with Crippen LogP contribution in [0, 0.1) is 5.41 Å². The minimum absolute atomic E-state index is 0.0505. The molecule has 0 aromatic heterocycles. The third kappa shape index (κ3) is 9.41. The van der Waals surface area contributed by atoms with Gasteiger partial charge in [-0.05, 0) is 66.0 Å². The summed E-state index contributed by atoms with van der Waals surface area (Å²) in [7, 11) is 0. The highest BCUT2D eigenvalue weighted by Crippen LogP contribution is 2.41. The number of Topliss-reactive ketones (excluding diaryl/α,β-unsaturated/α-hetero) is 1. The summed E-state index contributed by atoms with van der Waals surface area (Å²) in [5, 5.41) is 6.12. The van der Waals surface area contributed by atoms with E-state index in [2.05, 4.69) is 99.9 Å². The van der Waals surface area contributed by atoms with E-state index in [0.717, 1.165) is 29.8 Å². The van der Waals surface area contributed by atoms with Gasteiger partial charge in [-0.2, -0.15) is 0 Å². The van der Waals surface area contributed by atoms with E-state index in [0.29, 0.717) is 23.6 Å². The van der Waals surface area contributed by atoms with Gasteiger partial charge in [0.15, 0.2) is 5.78 Å². The molecule has 0 saturated carbocycles. The zero-order valence-corrected chi connectivity index (χ0v) is 36.2. The lowest BCUT2D eigenvalue weighted by Gasteiger charge is -2.36. The molecule has 1 heterocycles. The second kappa shape index (κ2) is 17.0. The van der Waals surface area contributed by atoms with E-state index in [1.807, 2.05) is 36.4 Å². The van der Waals surface area contributed by atoms with Gasteiger partial charge in [-0.15, -0.1) is 0 Å². The number of amides is 4. The summed E-state index contributed by atoms with van der Waals surface area (Å²) >= 11 is 9.02. The maximum atomic E-state index is 14.1. The molecule has 54 heavy (non-hydrogen) atoms. The van der Waals surface area contributed by atoms with Crippen molar-refractivity contribution in [1.82, 2.24) is 9.80 Å². The molecule has 4 amide bonds. The van der Waals surface area contributed by atoms with E-state index in [1.54, 1.807) is 39.0 Å². The van der Waals surface area contributed by atoms with Gasteiger partial charge in [-0.1, -0.05) is 145 Å². The smallest absolute Gasteiger partial charge is 0.330 e. The van der Waals surface area contributed by atoms with Crippen LogP contribution < -0.4 is 15.4 Å². The minimum atomic E-state index is -2.62. The van der Waals surface area contributed by atoms with Gasteiger partial charge in [0.05, 0.1) is 6.10 Å². The van der Waals surface area contributed by atoms with Gasteiger partial charge in [-0.25, -0.2) is 9.69 Å². The quantitative estimate of drug-likeness (QED) is 0.0488. The number of imide groups is 1. The molecule has 9 nitrogen and oxygen atoms in total. The predicted molar refractivity (Wildman–Crippen MR) is 227 cm³/mol. The lowest BCUT2D eigenvalue weighted by Crippen LogP contribution is -2.63. The number of hydrogen-bond acceptors (Lipinski definition) is 6. The molecule has 0 bridgehead atoms. The van der Waals surface area contributed by atoms with Gasteiger partial charge in [0, 0.05) is 35.3 Å². The van der Waals surface area contributed by atoms with Crippen LogP contribution in [-0.4, -0.2) is 57.6 Å². The second-order valence-electron chi connectivity index (χ2n) is 16.5. The SMILES string of the molecule is CCC(C)(C)c1ccc(OC(C)CCNc2cccc(NC(=O)C(Cl)(C(=O)C(C)(C)C)N3C(=O)CN(C(I)c4ccccc4)C3=O)c2)c(C(C)(C)CC)c1. The standard InChI is InChI=1S/C43H56ClIN4O5/c1-11-41(7,8)30-21-22-34(33(25-30)42(9,10)12-2)54-28(3)23-24-46-31-19-16-20-32(26-31)47-38(52)43(44,37(51)40(4,5)6)49-35(50)27-48(39(49)53)36(45)29-17-14-13-15-18-29/h13-22,25-26,28,36,46H,11-12,23-24,27H2,1-10H3,(H,47,52). The zero-order valence-electron chi connectivity index (χ0n) is 33.3. The van der Waals surface area contributed by atoms with E-state index in [9.17, 15) is 19.2 Å². The summed E-state index contributed by atoms with van der Waals surface area (Å²) in [5.41, 5.74) is 3.22. The van der Waals surface area contributed by atoms with Gasteiger partial charge in [0.2, 0.25) is 0 Å². The first-order valence-electron chi connectivity index (χ1n) is 18.7. The number of benzene rings is 3. The van der Waals surface area contributed by atoms with Crippen molar-refractivity contribution < 1.29 is 23.9 Å². The number of alkyl halides is 2. The Morgan fingerprint density at radius 3 is 2.11 bits per heavy atom. The fourth-order valence-corrected chi connectivity index (χ4v) is 7.54. The number of rotatable bonds is 16. The molecule has 3 unspecified atom stereocenters. The van der Waals surface area contributed by atoms with Crippen LogP contribution in [0.4, 0.5) is 16.2 Å². The number of nitrogens with one attached hydrogen (secondary N) is 2. The molecular weight excluding hydrogens is 815 g/mol. The van der Waals surface area contributed by atoms with E-state index < -0.39 is 38.1 Å². The van der Waals surface area contributed by atoms with E-state index >= 15 is 0 Å². The molecule has 2 N–H and O–H groups in total. The van der Waals surface area contributed by atoms with Crippen molar-refractivity contribution in [2.45, 2.75) is 114 Å². The fraction of sp³-hybridized carbons (Fsp3) is 0.488. The van der Waals surface area contributed by atoms with Crippen molar-refractivity contribution in [2.75, 3.05) is 23.7 Å². The predicted octanol–water partition coefficient (Wildman–Crippen LogP) is 10.2. The van der Waals surface area contributed by atoms with Gasteiger partial charge in [-0.3, -0.25) is 19.3 Å². The number of urea groups is 1. The molecular formula is C43H56ClIN4O5. The number of anilines is 2. The van der Waals surface area contributed by atoms with E-state index in [-0.39, 0.29) is 23.5 Å². The zero-order chi connectivity index (χ0) is 40.2. The Morgan fingerprint density at radius 1 is 0.870 bits per heavy atom. The number of ether oxygens (including phenoxy) is 1. The van der Waals surface area contributed by atoms with Crippen molar-refractivity contribution in [1.29, 1.82) is 0 Å². The first-order chi connectivity index (χ1) is 25.2. The Hall–Kier alpha value is -3.64. The Labute approximate surface area is 340 Å². The third-order valence-electron chi connectivity index (χ3n) is 10.5. The van der Waals surface area contributed by atoms with Gasteiger partial charge in [0.1, 0.15) is 16.3 Å². The maximum Gasteiger partial charge on any atom is 0.330 e. The molecule has 1 saturated heterocycles. The second-order valence-corrected chi connectivity index (χ2v) is 18.2. The number of carbonyl (C=O) groups is 4. The summed E-state index contributed by atoms with van der Waals surface area (Å²) < 4.78 is 6.01. The van der Waals surface area contributed by atoms with Crippen molar-refractivity contribution in [3.63, 3.8) is 0 Å². The first kappa shape index (κ1) is 43.1. The van der Waals surface area contributed by atoms with Crippen LogP contribution in [0.2, 0.25) is 0 Å². The highest BCUT2D eigenvalue weighted by molar-refractivity contribution is 14.1. The number of ketones is 1. The molecule has 3 aromatic rings. The lowest BCUT2D eigenvalue weighted by atomic mass is 9.76. The molecule has 3 atom stereocenters. The summed E-state index contributed by atoms with van der Waals surface area (Å²) in [6.45, 7) is 20.6. The Balaban J connectivity index is 1.48.